The van der Waals surface area contributed by atoms with E-state index in [0.29, 0.717) is 18.3 Å². The molecule has 0 saturated heterocycles. The van der Waals surface area contributed by atoms with Crippen molar-refractivity contribution in [1.29, 1.82) is 0 Å². The molecule has 1 unspecified atom stereocenters. The average Bonchev–Trinajstić information content (AvgIpc) is 3.27. The van der Waals surface area contributed by atoms with Crippen LogP contribution in [0.25, 0.3) is 10.7 Å². The van der Waals surface area contributed by atoms with E-state index in [1.54, 1.807) is 35.0 Å². The average molecular weight is 374 g/mol. The molecular weight excluding hydrogens is 354 g/mol. The number of nitrogens with zero attached hydrogens (tertiary/aromatic N) is 3. The fourth-order valence-electron chi connectivity index (χ4n) is 2.29. The van der Waals surface area contributed by atoms with Crippen LogP contribution in [0.2, 0.25) is 0 Å². The van der Waals surface area contributed by atoms with Crippen LogP contribution < -0.4 is 0 Å². The third kappa shape index (κ3) is 4.49. The molecule has 0 saturated carbocycles. The highest BCUT2D eigenvalue weighted by Crippen LogP contribution is 2.25. The van der Waals surface area contributed by atoms with E-state index in [-0.39, 0.29) is 11.2 Å². The van der Waals surface area contributed by atoms with Crippen molar-refractivity contribution in [3.63, 3.8) is 0 Å². The van der Waals surface area contributed by atoms with Crippen LogP contribution >= 0.6 is 23.1 Å². The van der Waals surface area contributed by atoms with Crippen molar-refractivity contribution in [1.82, 2.24) is 15.0 Å². The third-order valence-corrected chi connectivity index (χ3v) is 5.61. The van der Waals surface area contributed by atoms with Crippen molar-refractivity contribution in [2.75, 3.05) is 7.05 Å². The van der Waals surface area contributed by atoms with Crippen LogP contribution in [0.4, 0.5) is 0 Å². The minimum absolute atomic E-state index is 0.0291. The SMILES string of the molecule is Cc1ccc(SC(C)C(=O)N(C)Cc2nc(-c3cccs3)no2)cc1. The van der Waals surface area contributed by atoms with Crippen LogP contribution in [-0.2, 0) is 11.3 Å². The van der Waals surface area contributed by atoms with E-state index in [9.17, 15) is 4.79 Å². The summed E-state index contributed by atoms with van der Waals surface area (Å²) in [6.45, 7) is 4.26. The molecule has 3 aromatic rings. The lowest BCUT2D eigenvalue weighted by atomic mass is 10.2. The monoisotopic (exact) mass is 373 g/mol. The Hall–Kier alpha value is -2.12. The molecule has 0 N–H and O–H groups in total. The van der Waals surface area contributed by atoms with Crippen molar-refractivity contribution in [2.24, 2.45) is 0 Å². The van der Waals surface area contributed by atoms with Gasteiger partial charge in [0.15, 0.2) is 0 Å². The molecule has 5 nitrogen and oxygen atoms in total. The van der Waals surface area contributed by atoms with Gasteiger partial charge in [-0.05, 0) is 37.4 Å². The maximum Gasteiger partial charge on any atom is 0.246 e. The number of benzene rings is 1. The van der Waals surface area contributed by atoms with Crippen LogP contribution in [0.1, 0.15) is 18.4 Å². The summed E-state index contributed by atoms with van der Waals surface area (Å²) in [6, 6.07) is 12.1. The second kappa shape index (κ2) is 7.84. The number of amides is 1. The Balaban J connectivity index is 1.59. The van der Waals surface area contributed by atoms with E-state index in [4.69, 9.17) is 4.52 Å². The smallest absolute Gasteiger partial charge is 0.246 e. The Labute approximate surface area is 155 Å². The first-order valence-electron chi connectivity index (χ1n) is 7.87. The zero-order valence-electron chi connectivity index (χ0n) is 14.3. The van der Waals surface area contributed by atoms with Gasteiger partial charge in [-0.2, -0.15) is 4.98 Å². The summed E-state index contributed by atoms with van der Waals surface area (Å²) in [5.74, 6) is 1.03. The maximum atomic E-state index is 12.6. The van der Waals surface area contributed by atoms with Gasteiger partial charge in [0, 0.05) is 11.9 Å². The first-order chi connectivity index (χ1) is 12.0. The Morgan fingerprint density at radius 2 is 2.08 bits per heavy atom. The van der Waals surface area contributed by atoms with Gasteiger partial charge in [-0.15, -0.1) is 23.1 Å². The fraction of sp³-hybridized carbons (Fsp3) is 0.278. The second-order valence-corrected chi connectivity index (χ2v) is 8.12. The topological polar surface area (TPSA) is 59.2 Å². The highest BCUT2D eigenvalue weighted by Gasteiger charge is 2.21. The van der Waals surface area contributed by atoms with Gasteiger partial charge in [0.2, 0.25) is 17.6 Å². The molecule has 0 aliphatic carbocycles. The van der Waals surface area contributed by atoms with E-state index in [1.165, 1.54) is 5.56 Å². The largest absolute Gasteiger partial charge is 0.337 e. The van der Waals surface area contributed by atoms with Gasteiger partial charge in [-0.1, -0.05) is 28.9 Å². The molecule has 25 heavy (non-hydrogen) atoms. The molecule has 130 valence electrons. The lowest BCUT2D eigenvalue weighted by molar-refractivity contribution is -0.129. The molecule has 2 aromatic heterocycles. The van der Waals surface area contributed by atoms with Crippen molar-refractivity contribution in [3.05, 3.63) is 53.2 Å². The highest BCUT2D eigenvalue weighted by atomic mass is 32.2. The van der Waals surface area contributed by atoms with Crippen molar-refractivity contribution < 1.29 is 9.32 Å². The van der Waals surface area contributed by atoms with Gasteiger partial charge in [0.1, 0.15) is 0 Å². The predicted octanol–water partition coefficient (Wildman–Crippen LogP) is 4.25. The number of hydrogen-bond donors (Lipinski definition) is 0. The molecule has 7 heteroatoms. The van der Waals surface area contributed by atoms with Gasteiger partial charge in [-0.25, -0.2) is 0 Å². The summed E-state index contributed by atoms with van der Waals surface area (Å²) in [5.41, 5.74) is 1.21. The Kier molecular flexibility index (Phi) is 5.55. The molecule has 0 radical (unpaired) electrons. The minimum atomic E-state index is -0.188. The third-order valence-electron chi connectivity index (χ3n) is 3.64. The number of carbonyl (C=O) groups is 1. The van der Waals surface area contributed by atoms with E-state index in [0.717, 1.165) is 9.77 Å². The first kappa shape index (κ1) is 17.7. The molecule has 3 rings (SSSR count). The normalized spacial score (nSPS) is 12.1. The summed E-state index contributed by atoms with van der Waals surface area (Å²) in [4.78, 5) is 20.6. The van der Waals surface area contributed by atoms with Crippen molar-refractivity contribution in [3.8, 4) is 10.7 Å². The Morgan fingerprint density at radius 3 is 2.76 bits per heavy atom. The van der Waals surface area contributed by atoms with E-state index >= 15 is 0 Å². The zero-order valence-corrected chi connectivity index (χ0v) is 15.9. The molecule has 2 heterocycles. The van der Waals surface area contributed by atoms with Gasteiger partial charge < -0.3 is 9.42 Å². The summed E-state index contributed by atoms with van der Waals surface area (Å²) in [7, 11) is 1.75. The molecule has 1 atom stereocenters. The maximum absolute atomic E-state index is 12.6. The molecule has 0 fully saturated rings. The second-order valence-electron chi connectivity index (χ2n) is 5.76. The van der Waals surface area contributed by atoms with Crippen molar-refractivity contribution in [2.45, 2.75) is 30.5 Å². The highest BCUT2D eigenvalue weighted by molar-refractivity contribution is 8.00. The molecule has 0 aliphatic heterocycles. The Morgan fingerprint density at radius 1 is 1.32 bits per heavy atom. The standard InChI is InChI=1S/C18H19N3O2S2/c1-12-6-8-14(9-7-12)25-13(2)18(22)21(3)11-16-19-17(20-23-16)15-5-4-10-24-15/h4-10,13H,11H2,1-3H3. The summed E-state index contributed by atoms with van der Waals surface area (Å²) in [5, 5.41) is 5.75. The van der Waals surface area contributed by atoms with E-state index in [1.807, 2.05) is 55.6 Å². The van der Waals surface area contributed by atoms with Gasteiger partial charge in [0.05, 0.1) is 16.7 Å². The quantitative estimate of drug-likeness (QED) is 0.605. The van der Waals surface area contributed by atoms with Crippen LogP contribution in [0, 0.1) is 6.92 Å². The predicted molar refractivity (Wildman–Crippen MR) is 101 cm³/mol. The molecule has 1 aromatic carbocycles. The van der Waals surface area contributed by atoms with Gasteiger partial charge >= 0.3 is 0 Å². The fourth-order valence-corrected chi connectivity index (χ4v) is 3.92. The van der Waals surface area contributed by atoms with Crippen LogP contribution in [0.5, 0.6) is 0 Å². The zero-order chi connectivity index (χ0) is 17.8. The van der Waals surface area contributed by atoms with E-state index < -0.39 is 0 Å². The van der Waals surface area contributed by atoms with Gasteiger partial charge in [0.25, 0.3) is 0 Å². The molecule has 1 amide bonds. The summed E-state index contributed by atoms with van der Waals surface area (Å²) in [6.07, 6.45) is 0. The van der Waals surface area contributed by atoms with Crippen LogP contribution in [0.15, 0.2) is 51.2 Å². The number of carbonyl (C=O) groups excluding carboxylic acids is 1. The number of thioether (sulfide) groups is 1. The number of thiophene rings is 1. The van der Waals surface area contributed by atoms with Crippen LogP contribution in [-0.4, -0.2) is 33.2 Å². The molecule has 0 spiro atoms. The molecular formula is C18H19N3O2S2. The molecule has 0 aliphatic rings. The molecule has 0 bridgehead atoms. The summed E-state index contributed by atoms with van der Waals surface area (Å²) < 4.78 is 5.27. The number of hydrogen-bond acceptors (Lipinski definition) is 6. The first-order valence-corrected chi connectivity index (χ1v) is 9.63. The number of aromatic nitrogens is 2. The van der Waals surface area contributed by atoms with Gasteiger partial charge in [-0.3, -0.25) is 4.79 Å². The lowest BCUT2D eigenvalue weighted by Gasteiger charge is -2.19. The lowest BCUT2D eigenvalue weighted by Crippen LogP contribution is -2.32. The summed E-state index contributed by atoms with van der Waals surface area (Å²) >= 11 is 3.10. The van der Waals surface area contributed by atoms with Crippen LogP contribution in [0.3, 0.4) is 0 Å². The van der Waals surface area contributed by atoms with Crippen molar-refractivity contribution >= 4 is 29.0 Å². The Bertz CT molecular complexity index is 828. The number of rotatable bonds is 6. The minimum Gasteiger partial charge on any atom is -0.337 e. The number of aryl methyl sites for hydroxylation is 1. The van der Waals surface area contributed by atoms with E-state index in [2.05, 4.69) is 10.1 Å².